The van der Waals surface area contributed by atoms with Crippen molar-refractivity contribution in [1.82, 2.24) is 29.3 Å². The Labute approximate surface area is 265 Å². The number of likely N-dealkylation sites (tertiary alicyclic amines) is 1. The molecule has 0 spiro atoms. The number of carbonyl (C=O) groups is 2. The van der Waals surface area contributed by atoms with E-state index in [0.717, 1.165) is 57.9 Å². The van der Waals surface area contributed by atoms with Gasteiger partial charge in [-0.3, -0.25) is 9.59 Å². The summed E-state index contributed by atoms with van der Waals surface area (Å²) in [7, 11) is 3.52. The van der Waals surface area contributed by atoms with E-state index >= 15 is 0 Å². The molecule has 1 saturated carbocycles. The molecule has 11 heteroatoms. The summed E-state index contributed by atoms with van der Waals surface area (Å²) < 4.78 is 24.3. The number of carbonyl (C=O) groups excluding carboxylic acids is 2. The molecular weight excluding hydrogens is 585 g/mol. The van der Waals surface area contributed by atoms with Gasteiger partial charge in [0.25, 0.3) is 11.8 Å². The summed E-state index contributed by atoms with van der Waals surface area (Å²) in [6.07, 6.45) is 2.27. The van der Waals surface area contributed by atoms with Crippen molar-refractivity contribution >= 4 is 33.9 Å². The molecule has 2 fully saturated rings. The van der Waals surface area contributed by atoms with Gasteiger partial charge in [-0.1, -0.05) is 12.1 Å². The second kappa shape index (κ2) is 10.9. The maximum absolute atomic E-state index is 14.3. The smallest absolute Gasteiger partial charge is 0.254 e. The maximum Gasteiger partial charge on any atom is 0.254 e. The summed E-state index contributed by atoms with van der Waals surface area (Å²) in [5, 5.41) is 3.93. The molecule has 1 saturated heterocycles. The summed E-state index contributed by atoms with van der Waals surface area (Å²) in [4.78, 5) is 37.7. The fourth-order valence-electron chi connectivity index (χ4n) is 7.03. The lowest BCUT2D eigenvalue weighted by molar-refractivity contribution is 0.0606. The number of nitrogens with one attached hydrogen (secondary N) is 1. The van der Waals surface area contributed by atoms with Gasteiger partial charge in [0.1, 0.15) is 23.1 Å². The minimum absolute atomic E-state index is 0.0231. The average molecular weight is 622 g/mol. The predicted octanol–water partition coefficient (Wildman–Crippen LogP) is 4.47. The van der Waals surface area contributed by atoms with Crippen LogP contribution in [-0.4, -0.2) is 74.8 Å². The van der Waals surface area contributed by atoms with Crippen LogP contribution in [0.3, 0.4) is 0 Å². The van der Waals surface area contributed by atoms with Crippen molar-refractivity contribution in [2.24, 2.45) is 18.7 Å². The number of pyridine rings is 1. The molecule has 46 heavy (non-hydrogen) atoms. The Hall–Kier alpha value is -4.77. The molecule has 0 unspecified atom stereocenters. The second-order valence-electron chi connectivity index (χ2n) is 12.9. The lowest BCUT2D eigenvalue weighted by atomic mass is 9.96. The highest BCUT2D eigenvalue weighted by Crippen LogP contribution is 2.38. The molecule has 0 bridgehead atoms. The first-order chi connectivity index (χ1) is 22.3. The highest BCUT2D eigenvalue weighted by atomic mass is 19.1. The summed E-state index contributed by atoms with van der Waals surface area (Å²) in [5.74, 6) is 1.48. The third kappa shape index (κ3) is 4.89. The van der Waals surface area contributed by atoms with Crippen LogP contribution in [0.1, 0.15) is 45.5 Å². The van der Waals surface area contributed by atoms with Crippen molar-refractivity contribution in [1.29, 1.82) is 0 Å². The third-order valence-electron chi connectivity index (χ3n) is 9.56. The number of fused-ring (bicyclic) bond motifs is 3. The molecule has 3 N–H and O–H groups in total. The highest BCUT2D eigenvalue weighted by Gasteiger charge is 2.31. The molecule has 1 aliphatic carbocycles. The fraction of sp³-hybridized carbons (Fsp3) is 0.371. The molecule has 3 aromatic heterocycles. The van der Waals surface area contributed by atoms with Gasteiger partial charge >= 0.3 is 0 Å². The molecule has 2 aliphatic heterocycles. The number of aromatic nitrogens is 4. The number of imidazole rings is 1. The Bertz CT molecular complexity index is 2040. The van der Waals surface area contributed by atoms with Gasteiger partial charge in [-0.05, 0) is 73.6 Å². The van der Waals surface area contributed by atoms with E-state index < -0.39 is 12.2 Å². The fourth-order valence-corrected chi connectivity index (χ4v) is 7.03. The highest BCUT2D eigenvalue weighted by molar-refractivity contribution is 6.00. The van der Waals surface area contributed by atoms with E-state index in [4.69, 9.17) is 20.4 Å². The number of hydrogen-bond acceptors (Lipinski definition) is 6. The van der Waals surface area contributed by atoms with Gasteiger partial charge in [0.2, 0.25) is 0 Å². The van der Waals surface area contributed by atoms with Crippen molar-refractivity contribution in [2.75, 3.05) is 26.7 Å². The van der Waals surface area contributed by atoms with Crippen molar-refractivity contribution < 1.29 is 18.7 Å². The minimum Gasteiger partial charge on any atom is -0.494 e. The lowest BCUT2D eigenvalue weighted by Gasteiger charge is -2.33. The summed E-state index contributed by atoms with van der Waals surface area (Å²) in [6, 6.07) is 15.3. The van der Waals surface area contributed by atoms with Crippen molar-refractivity contribution in [3.63, 3.8) is 0 Å². The number of rotatable bonds is 6. The van der Waals surface area contributed by atoms with Crippen LogP contribution in [0.15, 0.2) is 48.5 Å². The number of methoxy groups -OCH3 is 1. The Balaban J connectivity index is 1.22. The van der Waals surface area contributed by atoms with E-state index in [2.05, 4.69) is 22.0 Å². The first-order valence-electron chi connectivity index (χ1n) is 15.9. The van der Waals surface area contributed by atoms with Crippen molar-refractivity contribution in [3.05, 3.63) is 65.2 Å². The van der Waals surface area contributed by atoms with Crippen LogP contribution in [0.4, 0.5) is 4.39 Å². The van der Waals surface area contributed by atoms with Gasteiger partial charge in [0, 0.05) is 54.8 Å². The lowest BCUT2D eigenvalue weighted by Crippen LogP contribution is -2.50. The number of nitrogens with two attached hydrogens (primary N) is 1. The van der Waals surface area contributed by atoms with Gasteiger partial charge in [-0.15, -0.1) is 0 Å². The van der Waals surface area contributed by atoms with Crippen LogP contribution in [0.25, 0.3) is 44.8 Å². The van der Waals surface area contributed by atoms with E-state index in [9.17, 15) is 14.0 Å². The number of amides is 2. The largest absolute Gasteiger partial charge is 0.494 e. The summed E-state index contributed by atoms with van der Waals surface area (Å²) in [6.45, 7) is 1.80. The van der Waals surface area contributed by atoms with Gasteiger partial charge < -0.3 is 29.8 Å². The van der Waals surface area contributed by atoms with E-state index in [1.807, 2.05) is 35.9 Å². The van der Waals surface area contributed by atoms with E-state index in [1.165, 1.54) is 17.7 Å². The first-order valence-corrected chi connectivity index (χ1v) is 15.9. The number of benzene rings is 2. The first kappa shape index (κ1) is 28.7. The number of nitrogens with zero attached hydrogens (tertiary/aromatic N) is 5. The molecule has 2 aromatic carbocycles. The molecular formula is C35H36FN7O3. The van der Waals surface area contributed by atoms with Gasteiger partial charge in [-0.25, -0.2) is 14.4 Å². The Morgan fingerprint density at radius 3 is 2.74 bits per heavy atom. The van der Waals surface area contributed by atoms with Crippen LogP contribution in [0.5, 0.6) is 5.75 Å². The van der Waals surface area contributed by atoms with Gasteiger partial charge in [-0.2, -0.15) is 0 Å². The molecule has 3 aliphatic rings. The molecule has 5 heterocycles. The molecule has 2 amide bonds. The van der Waals surface area contributed by atoms with Crippen LogP contribution in [0, 0.1) is 5.92 Å². The summed E-state index contributed by atoms with van der Waals surface area (Å²) >= 11 is 0. The summed E-state index contributed by atoms with van der Waals surface area (Å²) in [5.41, 5.74) is 13.0. The monoisotopic (exact) mass is 621 g/mol. The zero-order valence-electron chi connectivity index (χ0n) is 25.9. The number of halogens is 1. The van der Waals surface area contributed by atoms with Crippen molar-refractivity contribution in [2.45, 2.75) is 44.4 Å². The van der Waals surface area contributed by atoms with Crippen LogP contribution in [0.2, 0.25) is 0 Å². The Morgan fingerprint density at radius 2 is 1.96 bits per heavy atom. The Kier molecular flexibility index (Phi) is 6.82. The van der Waals surface area contributed by atoms with Crippen LogP contribution in [-0.2, 0) is 20.0 Å². The van der Waals surface area contributed by atoms with E-state index in [0.29, 0.717) is 41.4 Å². The van der Waals surface area contributed by atoms with Crippen LogP contribution >= 0.6 is 0 Å². The van der Waals surface area contributed by atoms with E-state index in [-0.39, 0.29) is 24.8 Å². The number of ether oxygens (including phenoxy) is 1. The molecule has 10 nitrogen and oxygen atoms in total. The standard InChI is InChI=1S/C35H36FN7O3/c1-41-31-28(12-23(14-30(31)46-2)35(45)42-17-24(36)15-25(37)18-42)40-33(41)29-13-22-7-8-27(39-32(22)43(29)16-19-3-4-19)21-6-5-20-9-10-38-34(44)26(20)11-21/h5-8,11-14,19,24-25H,3-4,9-10,15-18,37H2,1-2H3,(H,38,44)/t24-,25-/m1/s1. The zero-order chi connectivity index (χ0) is 31.7. The number of hydrogen-bond donors (Lipinski definition) is 2. The van der Waals surface area contributed by atoms with Crippen LogP contribution < -0.4 is 15.8 Å². The number of aryl methyl sites for hydroxylation is 1. The van der Waals surface area contributed by atoms with E-state index in [1.54, 1.807) is 19.2 Å². The molecule has 0 radical (unpaired) electrons. The van der Waals surface area contributed by atoms with Crippen molar-refractivity contribution in [3.8, 4) is 28.5 Å². The minimum atomic E-state index is -1.14. The quantitative estimate of drug-likeness (QED) is 0.289. The molecule has 236 valence electrons. The normalized spacial score (nSPS) is 19.8. The molecule has 8 rings (SSSR count). The SMILES string of the molecule is COc1cc(C(=O)N2C[C@H](N)C[C@@H](F)C2)cc2nc(-c3cc4ccc(-c5ccc6c(c5)C(=O)NCC6)nc4n3CC3CC3)n(C)c12. The Morgan fingerprint density at radius 1 is 1.11 bits per heavy atom. The average Bonchev–Trinajstić information content (AvgIpc) is 3.72. The number of piperidine rings is 1. The van der Waals surface area contributed by atoms with Gasteiger partial charge in [0.05, 0.1) is 30.6 Å². The number of alkyl halides is 1. The second-order valence-corrected chi connectivity index (χ2v) is 12.9. The predicted molar refractivity (Wildman–Crippen MR) is 174 cm³/mol. The maximum atomic E-state index is 14.3. The molecule has 5 aromatic rings. The zero-order valence-corrected chi connectivity index (χ0v) is 25.9. The third-order valence-corrected chi connectivity index (χ3v) is 9.56. The molecule has 2 atom stereocenters. The van der Waals surface area contributed by atoms with Gasteiger partial charge in [0.15, 0.2) is 5.82 Å². The topological polar surface area (TPSA) is 120 Å².